The molecule has 0 aromatic carbocycles. The molecular formula is C24H34N6O8S2. The average Bonchev–Trinajstić information content (AvgIpc) is 3.42. The lowest BCUT2D eigenvalue weighted by atomic mass is 9.83. The van der Waals surface area contributed by atoms with Crippen molar-refractivity contribution in [1.82, 2.24) is 9.80 Å². The lowest BCUT2D eigenvalue weighted by Gasteiger charge is -2.44. The van der Waals surface area contributed by atoms with Crippen LogP contribution in [0.3, 0.4) is 0 Å². The lowest BCUT2D eigenvalue weighted by molar-refractivity contribution is -0.160. The molecule has 0 saturated carbocycles. The van der Waals surface area contributed by atoms with E-state index in [1.807, 2.05) is 0 Å². The molecule has 0 radical (unpaired) electrons. The number of carboxylic acid groups (broad SMARTS) is 2. The van der Waals surface area contributed by atoms with E-state index in [1.54, 1.807) is 0 Å². The van der Waals surface area contributed by atoms with E-state index in [2.05, 4.69) is 9.98 Å². The number of aliphatic hydroxyl groups excluding tert-OH is 2. The Hall–Kier alpha value is -3.08. The number of hydrogen-bond acceptors (Lipinski definition) is 10. The maximum absolute atomic E-state index is 14.2. The molecule has 0 unspecified atom stereocenters. The number of fused-ring (bicyclic) bond motifs is 2. The highest BCUT2D eigenvalue weighted by Gasteiger charge is 2.57. The third-order valence-electron chi connectivity index (χ3n) is 6.99. The summed E-state index contributed by atoms with van der Waals surface area (Å²) in [5.74, 6) is -6.30. The molecule has 14 nitrogen and oxygen atoms in total. The number of amides is 2. The molecule has 3 aliphatic rings. The van der Waals surface area contributed by atoms with Crippen LogP contribution in [0.2, 0.25) is 0 Å². The van der Waals surface area contributed by atoms with E-state index in [0.717, 1.165) is 46.0 Å². The molecule has 6 atom stereocenters. The Morgan fingerprint density at radius 2 is 1.20 bits per heavy atom. The second-order valence-electron chi connectivity index (χ2n) is 9.45. The number of carbonyl (C=O) groups is 4. The highest BCUT2D eigenvalue weighted by Crippen LogP contribution is 2.48. The van der Waals surface area contributed by atoms with Gasteiger partial charge in [0, 0.05) is 34.2 Å². The zero-order valence-electron chi connectivity index (χ0n) is 22.0. The Bertz CT molecular complexity index is 1070. The highest BCUT2D eigenvalue weighted by atomic mass is 32.2. The molecule has 0 spiro atoms. The van der Waals surface area contributed by atoms with Crippen LogP contribution in [0, 0.1) is 11.8 Å². The number of nitrogens with two attached hydrogens (primary N) is 2. The van der Waals surface area contributed by atoms with Crippen LogP contribution in [0.4, 0.5) is 0 Å². The first-order chi connectivity index (χ1) is 19.0. The molecule has 0 aromatic heterocycles. The molecule has 3 heterocycles. The van der Waals surface area contributed by atoms with E-state index in [9.17, 15) is 39.6 Å². The van der Waals surface area contributed by atoms with Gasteiger partial charge in [-0.25, -0.2) is 9.59 Å². The van der Waals surface area contributed by atoms with Crippen molar-refractivity contribution in [2.24, 2.45) is 33.3 Å². The molecule has 0 aliphatic carbocycles. The maximum Gasteiger partial charge on any atom is 0.353 e. The summed E-state index contributed by atoms with van der Waals surface area (Å²) in [6.07, 6.45) is -0.580. The Kier molecular flexibility index (Phi) is 10.6. The van der Waals surface area contributed by atoms with Gasteiger partial charge in [0.15, 0.2) is 0 Å². The fourth-order valence-corrected chi connectivity index (χ4v) is 7.58. The van der Waals surface area contributed by atoms with Gasteiger partial charge in [0.25, 0.3) is 0 Å². The minimum Gasteiger partial charge on any atom is -0.477 e. The number of aliphatic hydroxyl groups is 2. The van der Waals surface area contributed by atoms with Crippen molar-refractivity contribution in [1.29, 1.82) is 0 Å². The number of carbonyl (C=O) groups excluding carboxylic acids is 2. The minimum absolute atomic E-state index is 0.0540. The van der Waals surface area contributed by atoms with Crippen molar-refractivity contribution < 1.29 is 39.6 Å². The first kappa shape index (κ1) is 31.4. The molecule has 16 heteroatoms. The second-order valence-corrected chi connectivity index (χ2v) is 11.8. The molecule has 1 fully saturated rings. The van der Waals surface area contributed by atoms with Crippen LogP contribution >= 0.6 is 23.5 Å². The first-order valence-electron chi connectivity index (χ1n) is 12.6. The van der Waals surface area contributed by atoms with Gasteiger partial charge in [-0.2, -0.15) is 0 Å². The average molecular weight is 599 g/mol. The van der Waals surface area contributed by atoms with Crippen LogP contribution < -0.4 is 11.5 Å². The number of thioether (sulfide) groups is 2. The maximum atomic E-state index is 14.2. The van der Waals surface area contributed by atoms with Gasteiger partial charge in [-0.15, -0.1) is 23.5 Å². The van der Waals surface area contributed by atoms with E-state index in [-0.39, 0.29) is 37.3 Å². The van der Waals surface area contributed by atoms with Gasteiger partial charge < -0.3 is 41.7 Å². The third-order valence-corrected chi connectivity index (χ3v) is 9.18. The van der Waals surface area contributed by atoms with Crippen LogP contribution in [-0.2, 0) is 19.2 Å². The van der Waals surface area contributed by atoms with E-state index >= 15 is 0 Å². The van der Waals surface area contributed by atoms with Gasteiger partial charge in [-0.1, -0.05) is 0 Å². The molecule has 3 aliphatic heterocycles. The Balaban J connectivity index is 2.14. The van der Waals surface area contributed by atoms with Crippen molar-refractivity contribution in [3.05, 3.63) is 21.2 Å². The number of nitrogens with zero attached hydrogens (tertiary/aromatic N) is 4. The van der Waals surface area contributed by atoms with Gasteiger partial charge in [-0.3, -0.25) is 19.6 Å². The largest absolute Gasteiger partial charge is 0.477 e. The van der Waals surface area contributed by atoms with Gasteiger partial charge in [-0.05, 0) is 13.8 Å². The SMILES string of the molecule is C[C@@H](O)[C@@H]1C(=O)N2C(C(=O)O)=C(SCCN=CN)C[C@@H]2[C@@H]([C@@H](C)O)C(=O)N2C(C(=O)O)=C(SCCN=CN)C[C@H]12. The molecule has 220 valence electrons. The summed E-state index contributed by atoms with van der Waals surface area (Å²) in [4.78, 5) is 63.7. The van der Waals surface area contributed by atoms with Gasteiger partial charge in [0.05, 0.1) is 61.9 Å². The van der Waals surface area contributed by atoms with Crippen molar-refractivity contribution in [3.63, 3.8) is 0 Å². The number of aliphatic imine (C=N–C) groups is 2. The summed E-state index contributed by atoms with van der Waals surface area (Å²) in [7, 11) is 0. The van der Waals surface area contributed by atoms with Crippen molar-refractivity contribution in [2.45, 2.75) is 51.0 Å². The quantitative estimate of drug-likeness (QED) is 0.0923. The monoisotopic (exact) mass is 598 g/mol. The van der Waals surface area contributed by atoms with Gasteiger partial charge in [0.1, 0.15) is 11.4 Å². The summed E-state index contributed by atoms with van der Waals surface area (Å²) in [6.45, 7) is 3.25. The Labute approximate surface area is 239 Å². The number of hydrogen-bond donors (Lipinski definition) is 6. The predicted molar refractivity (Wildman–Crippen MR) is 150 cm³/mol. The Morgan fingerprint density at radius 1 is 0.850 bits per heavy atom. The lowest BCUT2D eigenvalue weighted by Crippen LogP contribution is -2.61. The third kappa shape index (κ3) is 6.14. The molecule has 3 rings (SSSR count). The van der Waals surface area contributed by atoms with Crippen molar-refractivity contribution in [3.8, 4) is 0 Å². The summed E-state index contributed by atoms with van der Waals surface area (Å²) in [6, 6.07) is -2.22. The normalized spacial score (nSPS) is 26.9. The van der Waals surface area contributed by atoms with Gasteiger partial charge >= 0.3 is 11.9 Å². The van der Waals surface area contributed by atoms with E-state index in [0.29, 0.717) is 21.3 Å². The predicted octanol–water partition coefficient (Wildman–Crippen LogP) is -0.771. The van der Waals surface area contributed by atoms with E-state index in [1.165, 1.54) is 13.8 Å². The summed E-state index contributed by atoms with van der Waals surface area (Å²) in [5.41, 5.74) is 9.89. The summed E-state index contributed by atoms with van der Waals surface area (Å²) < 4.78 is 0. The van der Waals surface area contributed by atoms with E-state index < -0.39 is 59.9 Å². The van der Waals surface area contributed by atoms with Crippen molar-refractivity contribution in [2.75, 3.05) is 24.6 Å². The van der Waals surface area contributed by atoms with Crippen molar-refractivity contribution >= 4 is 60.0 Å². The first-order valence-corrected chi connectivity index (χ1v) is 14.6. The molecule has 0 aromatic rings. The van der Waals surface area contributed by atoms with E-state index in [4.69, 9.17) is 11.5 Å². The second kappa shape index (κ2) is 13.5. The van der Waals surface area contributed by atoms with Gasteiger partial charge in [0.2, 0.25) is 11.8 Å². The number of aliphatic carboxylic acids is 2. The fourth-order valence-electron chi connectivity index (χ4n) is 5.48. The molecule has 40 heavy (non-hydrogen) atoms. The van der Waals surface area contributed by atoms with Crippen LogP contribution in [0.25, 0.3) is 0 Å². The van der Waals surface area contributed by atoms with Crippen LogP contribution in [0.15, 0.2) is 31.2 Å². The number of rotatable bonds is 12. The fraction of sp³-hybridized carbons (Fsp3) is 0.583. The minimum atomic E-state index is -1.40. The molecule has 0 bridgehead atoms. The molecular weight excluding hydrogens is 564 g/mol. The summed E-state index contributed by atoms with van der Waals surface area (Å²) in [5, 5.41) is 41.9. The highest BCUT2D eigenvalue weighted by molar-refractivity contribution is 8.03. The molecule has 2 amide bonds. The van der Waals surface area contributed by atoms with Crippen LogP contribution in [0.5, 0.6) is 0 Å². The van der Waals surface area contributed by atoms with Crippen LogP contribution in [-0.4, -0.2) is 116 Å². The summed E-state index contributed by atoms with van der Waals surface area (Å²) >= 11 is 2.29. The Morgan fingerprint density at radius 3 is 1.48 bits per heavy atom. The zero-order valence-corrected chi connectivity index (χ0v) is 23.7. The smallest absolute Gasteiger partial charge is 0.353 e. The standard InChI is InChI=1S/C24H34N6O8S2/c1-11(31)17-13-7-15(39-5-3-27-9-25)19(23(35)36)29(13)22(34)18(12(2)32)14-8-16(40-6-4-28-10-26)20(24(37)38)30(14)21(17)33/h9-14,17-18,31-32H,3-8H2,1-2H3,(H2,25,27)(H2,26,28)(H,35,36)(H,37,38)/t11-,12-,13-,14-,17-,18+/m1/s1. The van der Waals surface area contributed by atoms with Crippen LogP contribution in [0.1, 0.15) is 26.7 Å². The molecule has 1 saturated heterocycles. The number of carboxylic acids is 2. The topological polar surface area (TPSA) is 232 Å². The molecule has 8 N–H and O–H groups in total. The zero-order chi connectivity index (χ0) is 29.7.